The molecule has 1 saturated carbocycles. The summed E-state index contributed by atoms with van der Waals surface area (Å²) >= 11 is 6.81. The third-order valence-electron chi connectivity index (χ3n) is 10.6. The Hall–Kier alpha value is -3.94. The first kappa shape index (κ1) is 31.6. The van der Waals surface area contributed by atoms with E-state index in [0.717, 1.165) is 78.2 Å². The fraction of sp³-hybridized carbons (Fsp3) is 0.500. The molecule has 0 unspecified atom stereocenters. The quantitative estimate of drug-likeness (QED) is 0.287. The van der Waals surface area contributed by atoms with Crippen LogP contribution in [0.5, 0.6) is 6.01 Å². The van der Waals surface area contributed by atoms with Crippen molar-refractivity contribution in [1.82, 2.24) is 19.8 Å². The molecule has 1 spiro atoms. The number of fused-ring (bicyclic) bond motifs is 3. The highest BCUT2D eigenvalue weighted by Gasteiger charge is 2.49. The molecule has 3 fully saturated rings. The number of carbonyl (C=O) groups excluding carboxylic acids is 1. The lowest BCUT2D eigenvalue weighted by molar-refractivity contribution is -0.128. The zero-order valence-electron chi connectivity index (χ0n) is 26.9. The second-order valence-electron chi connectivity index (χ2n) is 13.4. The molecule has 11 heteroatoms. The van der Waals surface area contributed by atoms with Gasteiger partial charge < -0.3 is 24.3 Å². The molecule has 3 aliphatic heterocycles. The molecule has 246 valence electrons. The van der Waals surface area contributed by atoms with E-state index in [0.29, 0.717) is 44.8 Å². The molecule has 0 N–H and O–H groups in total. The molecule has 7 rings (SSSR count). The molecular weight excluding hydrogens is 617 g/mol. The topological polar surface area (TPSA) is 88.8 Å². The highest BCUT2D eigenvalue weighted by Crippen LogP contribution is 2.52. The van der Waals surface area contributed by atoms with Crippen molar-refractivity contribution in [3.8, 4) is 12.1 Å². The van der Waals surface area contributed by atoms with Gasteiger partial charge >= 0.3 is 6.01 Å². The number of hydrogen-bond donors (Lipinski definition) is 0. The summed E-state index contributed by atoms with van der Waals surface area (Å²) in [5.41, 5.74) is 3.09. The van der Waals surface area contributed by atoms with Gasteiger partial charge in [0.1, 0.15) is 19.1 Å². The summed E-state index contributed by atoms with van der Waals surface area (Å²) in [7, 11) is 2.13. The number of aromatic nitrogens is 2. The predicted octanol–water partition coefficient (Wildman–Crippen LogP) is 5.65. The number of amides is 1. The average Bonchev–Trinajstić information content (AvgIpc) is 3.48. The number of rotatable bonds is 8. The number of benzene rings is 2. The number of carbonyl (C=O) groups is 1. The van der Waals surface area contributed by atoms with Crippen molar-refractivity contribution in [3.63, 3.8) is 0 Å². The van der Waals surface area contributed by atoms with Crippen molar-refractivity contribution in [2.24, 2.45) is 0 Å². The van der Waals surface area contributed by atoms with E-state index in [4.69, 9.17) is 26.3 Å². The summed E-state index contributed by atoms with van der Waals surface area (Å²) in [6.45, 7) is 3.69. The summed E-state index contributed by atoms with van der Waals surface area (Å²) in [5, 5.41) is 12.6. The SMILES string of the molecule is CN1CCC[C@H]1COc1nc2c(c(N3CCN(C(=O)/C=C/CF)[C@@H](CC#N)C3)n1)C1(CCC1)CN(c1cccc3cccc(Cl)c13)C2. The second-order valence-corrected chi connectivity index (χ2v) is 13.8. The van der Waals surface area contributed by atoms with Crippen molar-refractivity contribution in [3.05, 3.63) is 64.8 Å². The Bertz CT molecular complexity index is 1720. The van der Waals surface area contributed by atoms with E-state index >= 15 is 0 Å². The molecule has 2 saturated heterocycles. The van der Waals surface area contributed by atoms with Crippen molar-refractivity contribution >= 4 is 39.8 Å². The van der Waals surface area contributed by atoms with Crippen LogP contribution < -0.4 is 14.5 Å². The van der Waals surface area contributed by atoms with Crippen molar-refractivity contribution < 1.29 is 13.9 Å². The normalized spacial score (nSPS) is 22.5. The summed E-state index contributed by atoms with van der Waals surface area (Å²) < 4.78 is 19.2. The first-order valence-electron chi connectivity index (χ1n) is 16.7. The molecule has 2 aromatic carbocycles. The zero-order valence-corrected chi connectivity index (χ0v) is 27.6. The van der Waals surface area contributed by atoms with E-state index in [9.17, 15) is 14.4 Å². The van der Waals surface area contributed by atoms with Gasteiger partial charge in [-0.2, -0.15) is 15.2 Å². The van der Waals surface area contributed by atoms with Crippen molar-refractivity contribution in [2.75, 3.05) is 62.9 Å². The first-order valence-corrected chi connectivity index (χ1v) is 17.1. The van der Waals surface area contributed by atoms with Gasteiger partial charge in [0, 0.05) is 60.3 Å². The number of hydrogen-bond acceptors (Lipinski definition) is 8. The number of likely N-dealkylation sites (N-methyl/N-ethyl adjacent to an activating group) is 1. The molecule has 1 amide bonds. The van der Waals surface area contributed by atoms with E-state index < -0.39 is 6.67 Å². The van der Waals surface area contributed by atoms with Gasteiger partial charge in [-0.1, -0.05) is 42.3 Å². The molecule has 0 radical (unpaired) electrons. The largest absolute Gasteiger partial charge is 0.462 e. The van der Waals surface area contributed by atoms with Crippen LogP contribution in [-0.4, -0.2) is 90.8 Å². The molecule has 4 aliphatic rings. The lowest BCUT2D eigenvalue weighted by Crippen LogP contribution is -2.57. The number of allylic oxidation sites excluding steroid dienone is 1. The molecule has 1 aromatic heterocycles. The van der Waals surface area contributed by atoms with Crippen LogP contribution in [-0.2, 0) is 16.8 Å². The fourth-order valence-electron chi connectivity index (χ4n) is 8.05. The van der Waals surface area contributed by atoms with Crippen LogP contribution in [0, 0.1) is 11.3 Å². The summed E-state index contributed by atoms with van der Waals surface area (Å²) in [6, 6.07) is 15.0. The summed E-state index contributed by atoms with van der Waals surface area (Å²) in [4.78, 5) is 31.9. The van der Waals surface area contributed by atoms with Crippen LogP contribution in [0.1, 0.15) is 49.8 Å². The van der Waals surface area contributed by atoms with Gasteiger partial charge in [0.15, 0.2) is 0 Å². The Morgan fingerprint density at radius 2 is 1.96 bits per heavy atom. The Labute approximate surface area is 280 Å². The number of ether oxygens (including phenoxy) is 1. The molecule has 3 aromatic rings. The number of likely N-dealkylation sites (tertiary alicyclic amines) is 1. The minimum atomic E-state index is -0.703. The van der Waals surface area contributed by atoms with E-state index in [1.165, 1.54) is 17.7 Å². The minimum absolute atomic E-state index is 0.141. The van der Waals surface area contributed by atoms with Crippen LogP contribution in [0.15, 0.2) is 48.6 Å². The zero-order chi connectivity index (χ0) is 32.5. The monoisotopic (exact) mass is 657 g/mol. The van der Waals surface area contributed by atoms with E-state index in [-0.39, 0.29) is 23.8 Å². The van der Waals surface area contributed by atoms with Crippen molar-refractivity contribution in [1.29, 1.82) is 5.26 Å². The third-order valence-corrected chi connectivity index (χ3v) is 10.9. The van der Waals surface area contributed by atoms with E-state index in [1.807, 2.05) is 12.1 Å². The average molecular weight is 658 g/mol. The molecule has 9 nitrogen and oxygen atoms in total. The number of piperazine rings is 1. The summed E-state index contributed by atoms with van der Waals surface area (Å²) in [6.07, 6.45) is 8.06. The number of halogens is 2. The number of alkyl halides is 1. The lowest BCUT2D eigenvalue weighted by atomic mass is 9.62. The molecule has 2 atom stereocenters. The summed E-state index contributed by atoms with van der Waals surface area (Å²) in [5.74, 6) is 0.589. The maximum Gasteiger partial charge on any atom is 0.318 e. The van der Waals surface area contributed by atoms with Gasteiger partial charge in [0.2, 0.25) is 5.91 Å². The second kappa shape index (κ2) is 13.3. The highest BCUT2D eigenvalue weighted by molar-refractivity contribution is 6.36. The maximum atomic E-state index is 12.9. The fourth-order valence-corrected chi connectivity index (χ4v) is 8.32. The first-order chi connectivity index (χ1) is 22.9. The van der Waals surface area contributed by atoms with Crippen LogP contribution in [0.25, 0.3) is 10.8 Å². The van der Waals surface area contributed by atoms with Gasteiger partial charge in [-0.3, -0.25) is 4.79 Å². The lowest BCUT2D eigenvalue weighted by Gasteiger charge is -2.52. The third kappa shape index (κ3) is 6.00. The minimum Gasteiger partial charge on any atom is -0.462 e. The van der Waals surface area contributed by atoms with Crippen molar-refractivity contribution in [2.45, 2.75) is 62.6 Å². The smallest absolute Gasteiger partial charge is 0.318 e. The van der Waals surface area contributed by atoms with Crippen LogP contribution >= 0.6 is 11.6 Å². The van der Waals surface area contributed by atoms with Gasteiger partial charge in [-0.05, 0) is 62.9 Å². The number of nitrogens with zero attached hydrogens (tertiary/aromatic N) is 7. The molecule has 0 bridgehead atoms. The van der Waals surface area contributed by atoms with Crippen LogP contribution in [0.2, 0.25) is 5.02 Å². The highest BCUT2D eigenvalue weighted by atomic mass is 35.5. The molecule has 4 heterocycles. The molecular formula is C36H41ClFN7O2. The Morgan fingerprint density at radius 1 is 1.13 bits per heavy atom. The maximum absolute atomic E-state index is 12.9. The standard InChI is InChI=1S/C36H41ClFN7O2/c1-42-18-5-9-27(42)23-47-35-40-29-22-44(30-11-3-8-25-7-2-10-28(37)32(25)30)24-36(14-6-15-36)33(29)34(41-35)43-19-20-45(26(21-43)13-17-39)31(46)12-4-16-38/h2-4,7-8,10-12,26-27H,5-6,9,13-16,18-24H2,1H3/b12-4+/t26-,27-/m0/s1. The van der Waals surface area contributed by atoms with E-state index in [2.05, 4.69) is 52.1 Å². The number of nitriles is 1. The molecule has 1 aliphatic carbocycles. The molecule has 47 heavy (non-hydrogen) atoms. The Balaban J connectivity index is 1.28. The number of anilines is 2. The Kier molecular flexibility index (Phi) is 8.95. The van der Waals surface area contributed by atoms with E-state index in [1.54, 1.807) is 4.90 Å². The van der Waals surface area contributed by atoms with Gasteiger partial charge in [-0.15, -0.1) is 0 Å². The van der Waals surface area contributed by atoms with Crippen LogP contribution in [0.4, 0.5) is 15.9 Å². The van der Waals surface area contributed by atoms with Gasteiger partial charge in [0.25, 0.3) is 0 Å². The Morgan fingerprint density at radius 3 is 2.68 bits per heavy atom. The van der Waals surface area contributed by atoms with Gasteiger partial charge in [0.05, 0.1) is 35.8 Å². The van der Waals surface area contributed by atoms with Crippen LogP contribution in [0.3, 0.4) is 0 Å². The van der Waals surface area contributed by atoms with Gasteiger partial charge in [-0.25, -0.2) is 4.39 Å². The predicted molar refractivity (Wildman–Crippen MR) is 182 cm³/mol.